The molecule has 1 rings (SSSR count). The van der Waals surface area contributed by atoms with Crippen molar-refractivity contribution < 1.29 is 14.8 Å². The molecule has 0 amide bonds. The number of rotatable bonds is 3. The normalized spacial score (nSPS) is 10.5. The average molecular weight is 207 g/mol. The summed E-state index contributed by atoms with van der Waals surface area (Å²) in [6.45, 7) is 1.78. The Kier molecular flexibility index (Phi) is 3.17. The standard InChI is InChI=1S/C10H9NO4/c1-7-2-4-9(11(14)15)8(6-7)3-5-10(12)13/h2-6H,1H3,(H,12,13)/b5-3+. The van der Waals surface area contributed by atoms with Crippen molar-refractivity contribution in [1.82, 2.24) is 0 Å². The van der Waals surface area contributed by atoms with E-state index in [0.717, 1.165) is 11.6 Å². The molecule has 0 saturated carbocycles. The molecule has 0 aliphatic carbocycles. The first-order chi connectivity index (χ1) is 7.00. The van der Waals surface area contributed by atoms with Crippen LogP contribution in [0, 0.1) is 17.0 Å². The zero-order chi connectivity index (χ0) is 11.4. The third-order valence-electron chi connectivity index (χ3n) is 1.79. The molecule has 0 spiro atoms. The summed E-state index contributed by atoms with van der Waals surface area (Å²) < 4.78 is 0. The highest BCUT2D eigenvalue weighted by Crippen LogP contribution is 2.20. The average Bonchev–Trinajstić information content (AvgIpc) is 2.14. The highest BCUT2D eigenvalue weighted by atomic mass is 16.6. The molecule has 0 aliphatic rings. The van der Waals surface area contributed by atoms with Gasteiger partial charge in [0.25, 0.3) is 5.69 Å². The van der Waals surface area contributed by atoms with Gasteiger partial charge in [-0.25, -0.2) is 4.79 Å². The number of hydrogen-bond acceptors (Lipinski definition) is 3. The van der Waals surface area contributed by atoms with E-state index in [1.165, 1.54) is 12.1 Å². The van der Waals surface area contributed by atoms with Crippen molar-refractivity contribution in [3.8, 4) is 0 Å². The van der Waals surface area contributed by atoms with Crippen molar-refractivity contribution in [1.29, 1.82) is 0 Å². The van der Waals surface area contributed by atoms with E-state index in [-0.39, 0.29) is 5.69 Å². The Labute approximate surface area is 85.8 Å². The molecule has 0 radical (unpaired) electrons. The van der Waals surface area contributed by atoms with Crippen LogP contribution in [0.25, 0.3) is 6.08 Å². The first-order valence-corrected chi connectivity index (χ1v) is 4.17. The number of benzene rings is 1. The fourth-order valence-corrected chi connectivity index (χ4v) is 1.13. The van der Waals surface area contributed by atoms with Crippen LogP contribution in [0.15, 0.2) is 24.3 Å². The lowest BCUT2D eigenvalue weighted by molar-refractivity contribution is -0.385. The monoisotopic (exact) mass is 207 g/mol. The minimum atomic E-state index is -1.13. The van der Waals surface area contributed by atoms with E-state index in [0.29, 0.717) is 5.56 Å². The first-order valence-electron chi connectivity index (χ1n) is 4.17. The van der Waals surface area contributed by atoms with E-state index >= 15 is 0 Å². The maximum absolute atomic E-state index is 10.6. The number of nitro groups is 1. The fourth-order valence-electron chi connectivity index (χ4n) is 1.13. The Morgan fingerprint density at radius 1 is 1.53 bits per heavy atom. The highest BCUT2D eigenvalue weighted by molar-refractivity contribution is 5.86. The molecular weight excluding hydrogens is 198 g/mol. The largest absolute Gasteiger partial charge is 0.478 e. The van der Waals surface area contributed by atoms with Crippen LogP contribution in [-0.2, 0) is 4.79 Å². The van der Waals surface area contributed by atoms with Gasteiger partial charge in [0, 0.05) is 12.1 Å². The second-order valence-electron chi connectivity index (χ2n) is 2.99. The predicted molar refractivity (Wildman–Crippen MR) is 54.5 cm³/mol. The third kappa shape index (κ3) is 2.91. The summed E-state index contributed by atoms with van der Waals surface area (Å²) in [5.74, 6) is -1.13. The Morgan fingerprint density at radius 2 is 2.20 bits per heavy atom. The van der Waals surface area contributed by atoms with Crippen LogP contribution in [0.4, 0.5) is 5.69 Å². The van der Waals surface area contributed by atoms with Crippen LogP contribution < -0.4 is 0 Å². The number of nitrogens with zero attached hydrogens (tertiary/aromatic N) is 1. The molecule has 0 saturated heterocycles. The van der Waals surface area contributed by atoms with E-state index in [2.05, 4.69) is 0 Å². The maximum Gasteiger partial charge on any atom is 0.328 e. The molecule has 0 bridgehead atoms. The summed E-state index contributed by atoms with van der Waals surface area (Å²) in [6, 6.07) is 4.53. The second-order valence-corrected chi connectivity index (χ2v) is 2.99. The molecule has 1 aromatic rings. The Hall–Kier alpha value is -2.17. The van der Waals surface area contributed by atoms with Crippen LogP contribution >= 0.6 is 0 Å². The van der Waals surface area contributed by atoms with Crippen LogP contribution in [-0.4, -0.2) is 16.0 Å². The predicted octanol–water partition coefficient (Wildman–Crippen LogP) is 2.00. The number of aliphatic carboxylic acids is 1. The van der Waals surface area contributed by atoms with E-state index in [1.54, 1.807) is 19.1 Å². The molecule has 0 heterocycles. The summed E-state index contributed by atoms with van der Waals surface area (Å²) in [7, 11) is 0. The molecule has 0 aliphatic heterocycles. The zero-order valence-corrected chi connectivity index (χ0v) is 8.01. The van der Waals surface area contributed by atoms with Crippen LogP contribution in [0.1, 0.15) is 11.1 Å². The van der Waals surface area contributed by atoms with Crippen molar-refractivity contribution in [3.63, 3.8) is 0 Å². The lowest BCUT2D eigenvalue weighted by atomic mass is 10.1. The quantitative estimate of drug-likeness (QED) is 0.467. The van der Waals surface area contributed by atoms with Gasteiger partial charge in [0.2, 0.25) is 0 Å². The minimum Gasteiger partial charge on any atom is -0.478 e. The van der Waals surface area contributed by atoms with Gasteiger partial charge in [0.1, 0.15) is 0 Å². The highest BCUT2D eigenvalue weighted by Gasteiger charge is 2.10. The molecule has 5 nitrogen and oxygen atoms in total. The lowest BCUT2D eigenvalue weighted by Gasteiger charge is -1.98. The van der Waals surface area contributed by atoms with Gasteiger partial charge in [0.15, 0.2) is 0 Å². The Bertz CT molecular complexity index is 437. The van der Waals surface area contributed by atoms with Gasteiger partial charge in [-0.3, -0.25) is 10.1 Å². The van der Waals surface area contributed by atoms with Crippen molar-refractivity contribution in [2.45, 2.75) is 6.92 Å². The van der Waals surface area contributed by atoms with Crippen LogP contribution in [0.2, 0.25) is 0 Å². The van der Waals surface area contributed by atoms with Gasteiger partial charge in [-0.05, 0) is 19.1 Å². The second kappa shape index (κ2) is 4.36. The first kappa shape index (κ1) is 10.9. The van der Waals surface area contributed by atoms with E-state index in [1.807, 2.05) is 0 Å². The van der Waals surface area contributed by atoms with Gasteiger partial charge in [-0.2, -0.15) is 0 Å². The van der Waals surface area contributed by atoms with Gasteiger partial charge in [-0.15, -0.1) is 0 Å². The number of carboxylic acid groups (broad SMARTS) is 1. The summed E-state index contributed by atoms with van der Waals surface area (Å²) in [6.07, 6.45) is 2.09. The van der Waals surface area contributed by atoms with Gasteiger partial charge >= 0.3 is 5.97 Å². The molecule has 0 atom stereocenters. The van der Waals surface area contributed by atoms with E-state index in [4.69, 9.17) is 5.11 Å². The summed E-state index contributed by atoms with van der Waals surface area (Å²) in [4.78, 5) is 20.3. The molecule has 1 aromatic carbocycles. The van der Waals surface area contributed by atoms with Crippen LogP contribution in [0.3, 0.4) is 0 Å². The van der Waals surface area contributed by atoms with Gasteiger partial charge in [-0.1, -0.05) is 11.6 Å². The minimum absolute atomic E-state index is 0.0990. The smallest absolute Gasteiger partial charge is 0.328 e. The van der Waals surface area contributed by atoms with E-state index in [9.17, 15) is 14.9 Å². The number of carboxylic acids is 1. The fraction of sp³-hybridized carbons (Fsp3) is 0.100. The van der Waals surface area contributed by atoms with Crippen molar-refractivity contribution in [2.24, 2.45) is 0 Å². The SMILES string of the molecule is Cc1ccc([N+](=O)[O-])c(/C=C/C(=O)O)c1. The molecule has 5 heteroatoms. The molecule has 78 valence electrons. The number of hydrogen-bond donors (Lipinski definition) is 1. The van der Waals surface area contributed by atoms with Crippen molar-refractivity contribution >= 4 is 17.7 Å². The van der Waals surface area contributed by atoms with E-state index < -0.39 is 10.9 Å². The Morgan fingerprint density at radius 3 is 2.73 bits per heavy atom. The number of aryl methyl sites for hydroxylation is 1. The van der Waals surface area contributed by atoms with Gasteiger partial charge in [0.05, 0.1) is 10.5 Å². The summed E-state index contributed by atoms with van der Waals surface area (Å²) >= 11 is 0. The van der Waals surface area contributed by atoms with Crippen LogP contribution in [0.5, 0.6) is 0 Å². The molecule has 0 aromatic heterocycles. The number of nitro benzene ring substituents is 1. The topological polar surface area (TPSA) is 80.4 Å². The van der Waals surface area contributed by atoms with Crippen molar-refractivity contribution in [2.75, 3.05) is 0 Å². The van der Waals surface area contributed by atoms with Crippen molar-refractivity contribution in [3.05, 3.63) is 45.5 Å². The molecule has 0 unspecified atom stereocenters. The summed E-state index contributed by atoms with van der Waals surface area (Å²) in [5.41, 5.74) is 1.03. The molecule has 1 N–H and O–H groups in total. The third-order valence-corrected chi connectivity index (χ3v) is 1.79. The maximum atomic E-state index is 10.6. The Balaban J connectivity index is 3.18. The summed E-state index contributed by atoms with van der Waals surface area (Å²) in [5, 5.41) is 19.0. The lowest BCUT2D eigenvalue weighted by Crippen LogP contribution is -1.93. The molecular formula is C10H9NO4. The van der Waals surface area contributed by atoms with Gasteiger partial charge < -0.3 is 5.11 Å². The molecule has 0 fully saturated rings. The zero-order valence-electron chi connectivity index (χ0n) is 8.01. The molecule has 15 heavy (non-hydrogen) atoms. The number of carbonyl (C=O) groups is 1.